The fourth-order valence-electron chi connectivity index (χ4n) is 8.05. The third kappa shape index (κ3) is 12.5. The fraction of sp³-hybridized carbons (Fsp3) is 0.327. The van der Waals surface area contributed by atoms with Crippen LogP contribution in [0.1, 0.15) is 77.3 Å². The van der Waals surface area contributed by atoms with Gasteiger partial charge in [0.05, 0.1) is 22.5 Å². The van der Waals surface area contributed by atoms with E-state index in [4.69, 9.17) is 15.6 Å². The Kier molecular flexibility index (Phi) is 16.1. The Balaban J connectivity index is 0.000000177. The number of piperidine rings is 2. The van der Waals surface area contributed by atoms with Crippen LogP contribution in [0.2, 0.25) is 0 Å². The van der Waals surface area contributed by atoms with E-state index < -0.39 is 58.5 Å². The Hall–Kier alpha value is -6.99. The summed E-state index contributed by atoms with van der Waals surface area (Å²) in [4.78, 5) is 37.0. The molecule has 2 aliphatic heterocycles. The molecule has 0 aliphatic carbocycles. The highest BCUT2D eigenvalue weighted by Gasteiger charge is 2.33. The number of aromatic carboxylic acids is 1. The van der Waals surface area contributed by atoms with Gasteiger partial charge in [0.25, 0.3) is 5.91 Å². The number of halogens is 6. The Morgan fingerprint density at radius 3 is 1.69 bits per heavy atom. The van der Waals surface area contributed by atoms with Crippen molar-refractivity contribution in [2.75, 3.05) is 26.2 Å². The molecule has 2 amide bonds. The lowest BCUT2D eigenvalue weighted by Gasteiger charge is -2.37. The van der Waals surface area contributed by atoms with E-state index in [2.05, 4.69) is 20.8 Å². The van der Waals surface area contributed by atoms with Gasteiger partial charge in [-0.1, -0.05) is 24.3 Å². The monoisotopic (exact) mass is 946 g/mol. The largest absolute Gasteiger partial charge is 0.478 e. The highest BCUT2D eigenvalue weighted by molar-refractivity contribution is 5.95. The second-order valence-electron chi connectivity index (χ2n) is 17.4. The average Bonchev–Trinajstić information content (AvgIpc) is 3.92. The number of aryl methyl sites for hydroxylation is 2. The number of aromatic nitrogens is 4. The maximum Gasteiger partial charge on any atom is 0.410 e. The van der Waals surface area contributed by atoms with Crippen molar-refractivity contribution in [3.8, 4) is 22.5 Å². The first-order valence-electron chi connectivity index (χ1n) is 21.6. The first-order chi connectivity index (χ1) is 32.2. The molecule has 5 N–H and O–H groups in total. The molecule has 0 spiro atoms. The third-order valence-corrected chi connectivity index (χ3v) is 11.5. The number of rotatable bonds is 7. The Labute approximate surface area is 388 Å². The van der Waals surface area contributed by atoms with Gasteiger partial charge in [-0.05, 0) is 112 Å². The second-order valence-corrected chi connectivity index (χ2v) is 17.4. The zero-order valence-electron chi connectivity index (χ0n) is 38.0. The van der Waals surface area contributed by atoms with Crippen LogP contribution in [0.5, 0.6) is 0 Å². The number of nitrogens with one attached hydrogen (secondary N) is 2. The van der Waals surface area contributed by atoms with E-state index >= 15 is 0 Å². The molecule has 6 aromatic rings. The summed E-state index contributed by atoms with van der Waals surface area (Å²) < 4.78 is 90.0. The lowest BCUT2D eigenvalue weighted by molar-refractivity contribution is 0.0186. The standard InChI is InChI=1S/C22H21F3N4O.C16H22F2N2O2.C11H9FN2O2/c1-29-21(7-9-27-29)14-2-4-16(18(24)11-14)22(30)28-20-12-26-8-6-15(20)13-3-5-17(23)19(25)10-13;1-16(2,3)22-15(21)20-7-6-11(14(19)9-20)10-4-5-12(17)13(18)8-10;1-14-10(4-5-13-14)7-2-3-8(11(15)16)9(12)6-7/h2-5,7,9-11,15,20,26H,6,8,12H2,1H3,(H,28,30);4-5,8,11,14H,6-7,9,19H2,1-3H3;2-6H,1H3,(H,15,16)/t15-,20+;11-,14+;/m00./s1. The van der Waals surface area contributed by atoms with Crippen molar-refractivity contribution in [2.45, 2.75) is 63.1 Å². The minimum absolute atomic E-state index is 0.0736. The topological polar surface area (TPSA) is 170 Å². The van der Waals surface area contributed by atoms with Gasteiger partial charge in [0.1, 0.15) is 17.2 Å². The van der Waals surface area contributed by atoms with Crippen LogP contribution in [0.4, 0.5) is 31.1 Å². The number of carbonyl (C=O) groups is 3. The summed E-state index contributed by atoms with van der Waals surface area (Å²) in [6.45, 7) is 7.36. The van der Waals surface area contributed by atoms with E-state index in [-0.39, 0.29) is 35.0 Å². The molecule has 2 fully saturated rings. The normalized spacial score (nSPS) is 18.1. The van der Waals surface area contributed by atoms with Crippen LogP contribution in [0, 0.1) is 34.9 Å². The van der Waals surface area contributed by atoms with Gasteiger partial charge in [0.2, 0.25) is 0 Å². The Bertz CT molecular complexity index is 2760. The van der Waals surface area contributed by atoms with E-state index in [0.717, 1.165) is 29.6 Å². The van der Waals surface area contributed by atoms with Crippen LogP contribution in [-0.4, -0.2) is 91.4 Å². The van der Waals surface area contributed by atoms with E-state index in [1.54, 1.807) is 91.9 Å². The zero-order valence-corrected chi connectivity index (χ0v) is 38.0. The number of carbonyl (C=O) groups excluding carboxylic acids is 2. The molecule has 4 aromatic carbocycles. The molecule has 68 heavy (non-hydrogen) atoms. The Morgan fingerprint density at radius 2 is 1.24 bits per heavy atom. The van der Waals surface area contributed by atoms with Gasteiger partial charge >= 0.3 is 12.1 Å². The predicted octanol–water partition coefficient (Wildman–Crippen LogP) is 8.32. The van der Waals surface area contributed by atoms with Gasteiger partial charge < -0.3 is 31.1 Å². The van der Waals surface area contributed by atoms with E-state index in [1.807, 2.05) is 0 Å². The fourth-order valence-corrected chi connectivity index (χ4v) is 8.05. The van der Waals surface area contributed by atoms with Crippen molar-refractivity contribution < 1.29 is 50.6 Å². The van der Waals surface area contributed by atoms with Crippen LogP contribution in [0.25, 0.3) is 22.5 Å². The lowest BCUT2D eigenvalue weighted by Crippen LogP contribution is -2.50. The first-order valence-corrected chi connectivity index (χ1v) is 21.6. The summed E-state index contributed by atoms with van der Waals surface area (Å²) in [5.41, 5.74) is 9.11. The molecular weight excluding hydrogens is 895 g/mol. The molecule has 19 heteroatoms. The summed E-state index contributed by atoms with van der Waals surface area (Å²) in [6, 6.07) is 18.8. The predicted molar refractivity (Wildman–Crippen MR) is 242 cm³/mol. The van der Waals surface area contributed by atoms with Crippen molar-refractivity contribution in [3.05, 3.63) is 154 Å². The van der Waals surface area contributed by atoms with Gasteiger partial charge in [0.15, 0.2) is 23.3 Å². The number of likely N-dealkylation sites (tertiary alicyclic amines) is 1. The van der Waals surface area contributed by atoms with Crippen molar-refractivity contribution in [1.29, 1.82) is 0 Å². The number of nitrogens with zero attached hydrogens (tertiary/aromatic N) is 5. The third-order valence-electron chi connectivity index (χ3n) is 11.5. The van der Waals surface area contributed by atoms with Crippen LogP contribution in [-0.2, 0) is 18.8 Å². The van der Waals surface area contributed by atoms with Gasteiger partial charge in [-0.3, -0.25) is 14.2 Å². The number of amides is 2. The van der Waals surface area contributed by atoms with Crippen molar-refractivity contribution in [3.63, 3.8) is 0 Å². The van der Waals surface area contributed by atoms with Gasteiger partial charge in [-0.25, -0.2) is 35.9 Å². The molecule has 4 heterocycles. The molecule has 4 atom stereocenters. The number of ether oxygens (including phenoxy) is 1. The van der Waals surface area contributed by atoms with Gasteiger partial charge in [-0.2, -0.15) is 10.2 Å². The molecule has 8 rings (SSSR count). The maximum atomic E-state index is 14.7. The van der Waals surface area contributed by atoms with Crippen molar-refractivity contribution in [1.82, 2.24) is 35.1 Å². The molecule has 2 aromatic heterocycles. The number of carboxylic acid groups (broad SMARTS) is 1. The first kappa shape index (κ1) is 50.4. The lowest BCUT2D eigenvalue weighted by atomic mass is 9.85. The maximum absolute atomic E-state index is 14.7. The van der Waals surface area contributed by atoms with Crippen molar-refractivity contribution >= 4 is 18.0 Å². The molecule has 13 nitrogen and oxygen atoms in total. The van der Waals surface area contributed by atoms with Crippen LogP contribution < -0.4 is 16.4 Å². The van der Waals surface area contributed by atoms with E-state index in [0.29, 0.717) is 61.3 Å². The average molecular weight is 947 g/mol. The van der Waals surface area contributed by atoms with E-state index in [9.17, 15) is 40.7 Å². The number of nitrogens with two attached hydrogens (primary N) is 1. The molecule has 2 aliphatic rings. The minimum Gasteiger partial charge on any atom is -0.478 e. The zero-order chi connectivity index (χ0) is 49.4. The highest BCUT2D eigenvalue weighted by Crippen LogP contribution is 2.31. The number of hydrogen-bond acceptors (Lipinski definition) is 8. The minimum atomic E-state index is -1.27. The quantitative estimate of drug-likeness (QED) is 0.115. The van der Waals surface area contributed by atoms with Gasteiger partial charge in [0, 0.05) is 81.2 Å². The van der Waals surface area contributed by atoms with Crippen LogP contribution in [0.3, 0.4) is 0 Å². The van der Waals surface area contributed by atoms with Crippen LogP contribution in [0.15, 0.2) is 97.3 Å². The number of hydrogen-bond donors (Lipinski definition) is 4. The molecule has 360 valence electrons. The highest BCUT2D eigenvalue weighted by atomic mass is 19.2. The molecule has 0 radical (unpaired) electrons. The number of carboxylic acids is 1. The molecule has 0 unspecified atom stereocenters. The summed E-state index contributed by atoms with van der Waals surface area (Å²) in [6.07, 6.45) is 4.04. The smallest absolute Gasteiger partial charge is 0.410 e. The summed E-state index contributed by atoms with van der Waals surface area (Å²) >= 11 is 0. The molecule has 0 bridgehead atoms. The van der Waals surface area contributed by atoms with Crippen molar-refractivity contribution in [2.24, 2.45) is 19.8 Å². The van der Waals surface area contributed by atoms with Crippen LogP contribution >= 0.6 is 0 Å². The van der Waals surface area contributed by atoms with E-state index in [1.165, 1.54) is 36.4 Å². The van der Waals surface area contributed by atoms with Gasteiger partial charge in [-0.15, -0.1) is 0 Å². The second kappa shape index (κ2) is 21.8. The molecule has 2 saturated heterocycles. The molecule has 0 saturated carbocycles. The molecular formula is C49H52F6N8O5. The summed E-state index contributed by atoms with van der Waals surface area (Å²) in [7, 11) is 3.49. The number of benzene rings is 4. The summed E-state index contributed by atoms with van der Waals surface area (Å²) in [5, 5.41) is 22.7. The Morgan fingerprint density at radius 1 is 0.706 bits per heavy atom. The summed E-state index contributed by atoms with van der Waals surface area (Å²) in [5.74, 6) is -7.10. The SMILES string of the molecule is CC(C)(C)OC(=O)N1CC[C@@H](c2ccc(F)c(F)c2)[C@H](N)C1.Cn1nccc1-c1ccc(C(=O)N[C@@H]2CNCC[C@H]2c2ccc(F)c(F)c2)c(F)c1.Cn1nccc1-c1ccc(C(=O)O)c(F)c1.